The van der Waals surface area contributed by atoms with Crippen molar-refractivity contribution in [3.05, 3.63) is 47.0 Å². The average Bonchev–Trinajstić information content (AvgIpc) is 3.35. The van der Waals surface area contributed by atoms with Gasteiger partial charge in [-0.15, -0.1) is 0 Å². The van der Waals surface area contributed by atoms with E-state index in [-0.39, 0.29) is 29.7 Å². The van der Waals surface area contributed by atoms with Crippen molar-refractivity contribution in [2.24, 2.45) is 5.92 Å². The summed E-state index contributed by atoms with van der Waals surface area (Å²) in [6.45, 7) is 6.08. The second kappa shape index (κ2) is 8.95. The molecule has 2 amide bonds. The van der Waals surface area contributed by atoms with E-state index in [1.165, 1.54) is 0 Å². The summed E-state index contributed by atoms with van der Waals surface area (Å²) in [7, 11) is 0. The number of nitrogens with zero attached hydrogens (tertiary/aromatic N) is 3. The average molecular weight is 412 g/mol. The normalized spacial score (nSPS) is 22.3. The van der Waals surface area contributed by atoms with Gasteiger partial charge in [0.2, 0.25) is 11.8 Å². The molecule has 2 aliphatic rings. The first-order valence-corrected chi connectivity index (χ1v) is 10.6. The first-order chi connectivity index (χ1) is 14.5. The second-order valence-electron chi connectivity index (χ2n) is 8.35. The quantitative estimate of drug-likeness (QED) is 0.777. The van der Waals surface area contributed by atoms with Crippen LogP contribution < -0.4 is 5.32 Å². The highest BCUT2D eigenvalue weighted by Crippen LogP contribution is 2.27. The number of hydrogen-bond donors (Lipinski definition) is 2. The second-order valence-corrected chi connectivity index (χ2v) is 8.35. The summed E-state index contributed by atoms with van der Waals surface area (Å²) in [5.74, 6) is 1.31. The Kier molecular flexibility index (Phi) is 6.13. The lowest BCUT2D eigenvalue weighted by Gasteiger charge is -2.24. The minimum Gasteiger partial charge on any atom is -0.381 e. The molecule has 30 heavy (non-hydrogen) atoms. The van der Waals surface area contributed by atoms with Crippen LogP contribution in [0.15, 0.2) is 24.3 Å². The molecule has 2 fully saturated rings. The molecular formula is C22H29N5O3. The Balaban J connectivity index is 1.47. The summed E-state index contributed by atoms with van der Waals surface area (Å²) in [6.07, 6.45) is 1.82. The summed E-state index contributed by atoms with van der Waals surface area (Å²) in [5, 5.41) is 10.4. The van der Waals surface area contributed by atoms with E-state index in [2.05, 4.69) is 20.5 Å². The molecule has 1 aromatic carbocycles. The van der Waals surface area contributed by atoms with E-state index in [1.807, 2.05) is 43.0 Å². The van der Waals surface area contributed by atoms with E-state index in [4.69, 9.17) is 4.74 Å². The molecule has 0 saturated carbocycles. The summed E-state index contributed by atoms with van der Waals surface area (Å²) in [4.78, 5) is 32.1. The minimum atomic E-state index is -0.197. The number of carbonyl (C=O) groups is 2. The van der Waals surface area contributed by atoms with Gasteiger partial charge in [0, 0.05) is 32.2 Å². The van der Waals surface area contributed by atoms with E-state index in [1.54, 1.807) is 0 Å². The number of H-pyrrole nitrogens is 1. The van der Waals surface area contributed by atoms with Crippen LogP contribution >= 0.6 is 0 Å². The van der Waals surface area contributed by atoms with Crippen LogP contribution in [0.4, 0.5) is 0 Å². The number of likely N-dealkylation sites (tertiary alicyclic amines) is 1. The lowest BCUT2D eigenvalue weighted by molar-refractivity contribution is -0.131. The number of rotatable bonds is 5. The van der Waals surface area contributed by atoms with Gasteiger partial charge in [-0.25, -0.2) is 4.98 Å². The molecule has 3 heterocycles. The summed E-state index contributed by atoms with van der Waals surface area (Å²) in [5.41, 5.74) is 2.14. The maximum Gasteiger partial charge on any atom is 0.227 e. The molecule has 2 atom stereocenters. The third-order valence-corrected chi connectivity index (χ3v) is 5.98. The number of benzene rings is 1. The van der Waals surface area contributed by atoms with Gasteiger partial charge < -0.3 is 15.0 Å². The minimum absolute atomic E-state index is 0.0357. The Labute approximate surface area is 176 Å². The van der Waals surface area contributed by atoms with Crippen molar-refractivity contribution in [2.75, 3.05) is 26.3 Å². The van der Waals surface area contributed by atoms with Gasteiger partial charge in [-0.2, -0.15) is 5.10 Å². The van der Waals surface area contributed by atoms with Gasteiger partial charge >= 0.3 is 0 Å². The van der Waals surface area contributed by atoms with E-state index in [9.17, 15) is 9.59 Å². The lowest BCUT2D eigenvalue weighted by Crippen LogP contribution is -2.44. The first kappa shape index (κ1) is 20.5. The third-order valence-electron chi connectivity index (χ3n) is 5.98. The smallest absolute Gasteiger partial charge is 0.227 e. The molecule has 8 nitrogen and oxygen atoms in total. The van der Waals surface area contributed by atoms with Crippen molar-refractivity contribution >= 4 is 11.8 Å². The zero-order valence-corrected chi connectivity index (χ0v) is 17.6. The number of nitrogens with one attached hydrogen (secondary N) is 2. The molecule has 0 radical (unpaired) electrons. The topological polar surface area (TPSA) is 100 Å². The molecule has 0 spiro atoms. The number of aromatic amines is 1. The van der Waals surface area contributed by atoms with E-state index in [0.29, 0.717) is 38.5 Å². The predicted molar refractivity (Wildman–Crippen MR) is 111 cm³/mol. The van der Waals surface area contributed by atoms with Gasteiger partial charge in [0.1, 0.15) is 5.82 Å². The Morgan fingerprint density at radius 1 is 1.23 bits per heavy atom. The van der Waals surface area contributed by atoms with Crippen molar-refractivity contribution in [2.45, 2.75) is 45.1 Å². The Bertz CT molecular complexity index is 906. The SMILES string of the molecule is Cc1cccc(CC(=O)N2C[C@@H](NC(=O)C3CCOCC3)[C@H](c3n[nH]c(C)n3)C2)c1. The van der Waals surface area contributed by atoms with Crippen molar-refractivity contribution in [3.8, 4) is 0 Å². The first-order valence-electron chi connectivity index (χ1n) is 10.6. The van der Waals surface area contributed by atoms with E-state index >= 15 is 0 Å². The molecule has 160 valence electrons. The number of aromatic nitrogens is 3. The molecular weight excluding hydrogens is 382 g/mol. The van der Waals surface area contributed by atoms with Gasteiger partial charge in [-0.3, -0.25) is 14.7 Å². The molecule has 2 aromatic rings. The van der Waals surface area contributed by atoms with Gasteiger partial charge in [-0.05, 0) is 32.3 Å². The van der Waals surface area contributed by atoms with Crippen LogP contribution in [0.5, 0.6) is 0 Å². The van der Waals surface area contributed by atoms with Crippen LogP contribution in [0.25, 0.3) is 0 Å². The van der Waals surface area contributed by atoms with Gasteiger partial charge in [0.05, 0.1) is 18.4 Å². The van der Waals surface area contributed by atoms with Crippen molar-refractivity contribution in [3.63, 3.8) is 0 Å². The molecule has 8 heteroatoms. The predicted octanol–water partition coefficient (Wildman–Crippen LogP) is 1.50. The Morgan fingerprint density at radius 2 is 2.03 bits per heavy atom. The van der Waals surface area contributed by atoms with Crippen LogP contribution in [0.2, 0.25) is 0 Å². The number of amides is 2. The van der Waals surface area contributed by atoms with Crippen LogP contribution in [0, 0.1) is 19.8 Å². The fraction of sp³-hybridized carbons (Fsp3) is 0.545. The van der Waals surface area contributed by atoms with Crippen LogP contribution in [-0.4, -0.2) is 64.2 Å². The van der Waals surface area contributed by atoms with Gasteiger partial charge in [0.25, 0.3) is 0 Å². The number of aryl methyl sites for hydroxylation is 2. The highest BCUT2D eigenvalue weighted by molar-refractivity contribution is 5.81. The number of hydrogen-bond acceptors (Lipinski definition) is 5. The summed E-state index contributed by atoms with van der Waals surface area (Å²) in [6, 6.07) is 7.80. The summed E-state index contributed by atoms with van der Waals surface area (Å²) >= 11 is 0. The molecule has 0 bridgehead atoms. The Morgan fingerprint density at radius 3 is 2.73 bits per heavy atom. The van der Waals surface area contributed by atoms with Crippen LogP contribution in [-0.2, 0) is 20.7 Å². The number of ether oxygens (including phenoxy) is 1. The summed E-state index contributed by atoms with van der Waals surface area (Å²) < 4.78 is 5.37. The van der Waals surface area contributed by atoms with Gasteiger partial charge in [0.15, 0.2) is 5.82 Å². The zero-order valence-electron chi connectivity index (χ0n) is 17.6. The third kappa shape index (κ3) is 4.70. The molecule has 0 unspecified atom stereocenters. The van der Waals surface area contributed by atoms with Gasteiger partial charge in [-0.1, -0.05) is 29.8 Å². The highest BCUT2D eigenvalue weighted by atomic mass is 16.5. The fourth-order valence-corrected chi connectivity index (χ4v) is 4.31. The molecule has 2 saturated heterocycles. The molecule has 2 aliphatic heterocycles. The number of carbonyl (C=O) groups excluding carboxylic acids is 2. The molecule has 4 rings (SSSR count). The molecule has 0 aliphatic carbocycles. The monoisotopic (exact) mass is 411 g/mol. The zero-order chi connectivity index (χ0) is 21.1. The van der Waals surface area contributed by atoms with Crippen LogP contribution in [0.1, 0.15) is 41.5 Å². The van der Waals surface area contributed by atoms with Crippen LogP contribution in [0.3, 0.4) is 0 Å². The van der Waals surface area contributed by atoms with Crippen molar-refractivity contribution in [1.29, 1.82) is 0 Å². The van der Waals surface area contributed by atoms with E-state index < -0.39 is 0 Å². The van der Waals surface area contributed by atoms with E-state index in [0.717, 1.165) is 29.8 Å². The Hall–Kier alpha value is -2.74. The highest BCUT2D eigenvalue weighted by Gasteiger charge is 2.40. The molecule has 2 N–H and O–H groups in total. The fourth-order valence-electron chi connectivity index (χ4n) is 4.31. The maximum atomic E-state index is 13.0. The van der Waals surface area contributed by atoms with Crippen molar-refractivity contribution in [1.82, 2.24) is 25.4 Å². The lowest BCUT2D eigenvalue weighted by atomic mass is 9.97. The standard InChI is InChI=1S/C22H29N5O3/c1-14-4-3-5-16(10-14)11-20(28)27-12-18(21-23-15(2)25-26-21)19(13-27)24-22(29)17-6-8-30-9-7-17/h3-5,10,17-19H,6-9,11-13H2,1-2H3,(H,24,29)(H,23,25,26)/t18-,19-/m1/s1. The maximum absolute atomic E-state index is 13.0. The largest absolute Gasteiger partial charge is 0.381 e. The van der Waals surface area contributed by atoms with Crippen molar-refractivity contribution < 1.29 is 14.3 Å². The molecule has 1 aromatic heterocycles.